The summed E-state index contributed by atoms with van der Waals surface area (Å²) in [6.07, 6.45) is 6.94. The number of aromatic nitrogens is 1. The van der Waals surface area contributed by atoms with Crippen LogP contribution in [0.25, 0.3) is 0 Å². The number of rotatable bonds is 8. The first-order chi connectivity index (χ1) is 15.3. The third-order valence-electron chi connectivity index (χ3n) is 6.01. The van der Waals surface area contributed by atoms with Crippen molar-refractivity contribution >= 4 is 5.91 Å². The molecule has 1 atom stereocenters. The van der Waals surface area contributed by atoms with Crippen molar-refractivity contribution in [3.05, 3.63) is 89.7 Å². The van der Waals surface area contributed by atoms with E-state index in [4.69, 9.17) is 4.74 Å². The van der Waals surface area contributed by atoms with E-state index in [0.29, 0.717) is 13.0 Å². The molecule has 31 heavy (non-hydrogen) atoms. The fraction of sp³-hybridized carbons (Fsp3) is 0.370. The Balaban J connectivity index is 1.54. The van der Waals surface area contributed by atoms with E-state index in [1.165, 1.54) is 5.69 Å². The number of ether oxygens (including phenoxy) is 1. The molecule has 0 N–H and O–H groups in total. The number of aryl methyl sites for hydroxylation is 1. The van der Waals surface area contributed by atoms with E-state index in [0.717, 1.165) is 55.6 Å². The third-order valence-corrected chi connectivity index (χ3v) is 6.01. The molecule has 162 valence electrons. The van der Waals surface area contributed by atoms with Crippen molar-refractivity contribution in [2.45, 2.75) is 58.2 Å². The SMILES string of the molecule is CCCCCC(=O)N1CCCn2cccc2C1c1ccc(OCc2ccccc2)cc1. The standard InChI is InChI=1S/C27H32N2O2/c1-2-3-5-13-26(30)29-20-9-19-28-18-8-12-25(28)27(29)23-14-16-24(17-15-23)31-21-22-10-6-4-7-11-22/h4,6-8,10-12,14-18,27H,2-3,5,9,13,19-21H2,1H3. The Morgan fingerprint density at radius 2 is 1.77 bits per heavy atom. The number of hydrogen-bond acceptors (Lipinski definition) is 2. The Kier molecular flexibility index (Phi) is 7.08. The number of benzene rings is 2. The van der Waals surface area contributed by atoms with Crippen LogP contribution in [0, 0.1) is 0 Å². The molecule has 1 aromatic heterocycles. The molecule has 1 amide bonds. The molecule has 3 aromatic rings. The van der Waals surface area contributed by atoms with Crippen molar-refractivity contribution in [3.8, 4) is 5.75 Å². The lowest BCUT2D eigenvalue weighted by molar-refractivity contribution is -0.133. The predicted molar refractivity (Wildman–Crippen MR) is 124 cm³/mol. The van der Waals surface area contributed by atoms with Crippen molar-refractivity contribution in [2.24, 2.45) is 0 Å². The van der Waals surface area contributed by atoms with Gasteiger partial charge in [-0.05, 0) is 48.2 Å². The van der Waals surface area contributed by atoms with Crippen molar-refractivity contribution < 1.29 is 9.53 Å². The highest BCUT2D eigenvalue weighted by atomic mass is 16.5. The van der Waals surface area contributed by atoms with Crippen LogP contribution in [0.4, 0.5) is 0 Å². The number of hydrogen-bond donors (Lipinski definition) is 0. The van der Waals surface area contributed by atoms with Crippen LogP contribution >= 0.6 is 0 Å². The first kappa shape index (κ1) is 21.2. The average molecular weight is 417 g/mol. The molecule has 2 heterocycles. The summed E-state index contributed by atoms with van der Waals surface area (Å²) >= 11 is 0. The molecule has 4 heteroatoms. The first-order valence-electron chi connectivity index (χ1n) is 11.5. The zero-order valence-corrected chi connectivity index (χ0v) is 18.4. The Hall–Kier alpha value is -3.01. The summed E-state index contributed by atoms with van der Waals surface area (Å²) in [5.41, 5.74) is 3.48. The second-order valence-corrected chi connectivity index (χ2v) is 8.27. The van der Waals surface area contributed by atoms with Gasteiger partial charge in [0.1, 0.15) is 12.4 Å². The van der Waals surface area contributed by atoms with Crippen LogP contribution in [0.2, 0.25) is 0 Å². The first-order valence-corrected chi connectivity index (χ1v) is 11.5. The molecule has 0 radical (unpaired) electrons. The third kappa shape index (κ3) is 5.19. The van der Waals surface area contributed by atoms with Crippen LogP contribution in [0.5, 0.6) is 5.75 Å². The minimum absolute atomic E-state index is 0.0465. The molecule has 1 unspecified atom stereocenters. The fourth-order valence-corrected chi connectivity index (χ4v) is 4.36. The van der Waals surface area contributed by atoms with Gasteiger partial charge in [-0.2, -0.15) is 0 Å². The number of carbonyl (C=O) groups excluding carboxylic acids is 1. The Bertz CT molecular complexity index is 962. The van der Waals surface area contributed by atoms with E-state index >= 15 is 0 Å². The van der Waals surface area contributed by atoms with Gasteiger partial charge in [0.15, 0.2) is 0 Å². The lowest BCUT2D eigenvalue weighted by Crippen LogP contribution is -2.35. The van der Waals surface area contributed by atoms with Gasteiger partial charge in [0, 0.05) is 31.4 Å². The van der Waals surface area contributed by atoms with E-state index in [9.17, 15) is 4.79 Å². The molecule has 0 saturated carbocycles. The summed E-state index contributed by atoms with van der Waals surface area (Å²) < 4.78 is 8.26. The quantitative estimate of drug-likeness (QED) is 0.424. The Morgan fingerprint density at radius 1 is 0.968 bits per heavy atom. The molecule has 4 nitrogen and oxygen atoms in total. The van der Waals surface area contributed by atoms with Crippen molar-refractivity contribution in [2.75, 3.05) is 6.54 Å². The molecule has 1 aliphatic heterocycles. The van der Waals surface area contributed by atoms with Crippen LogP contribution in [-0.2, 0) is 17.9 Å². The highest BCUT2D eigenvalue weighted by Crippen LogP contribution is 2.33. The maximum Gasteiger partial charge on any atom is 0.223 e. The highest BCUT2D eigenvalue weighted by molar-refractivity contribution is 5.77. The molecule has 1 aliphatic rings. The van der Waals surface area contributed by atoms with Crippen molar-refractivity contribution in [1.29, 1.82) is 0 Å². The minimum atomic E-state index is -0.0465. The van der Waals surface area contributed by atoms with E-state index in [1.807, 2.05) is 30.3 Å². The smallest absolute Gasteiger partial charge is 0.223 e. The summed E-state index contributed by atoms with van der Waals surface area (Å²) in [6, 6.07) is 22.7. The van der Waals surface area contributed by atoms with Gasteiger partial charge >= 0.3 is 0 Å². The van der Waals surface area contributed by atoms with Crippen LogP contribution in [0.3, 0.4) is 0 Å². The molecular formula is C27H32N2O2. The second-order valence-electron chi connectivity index (χ2n) is 8.27. The summed E-state index contributed by atoms with van der Waals surface area (Å²) in [5, 5.41) is 0. The van der Waals surface area contributed by atoms with Crippen LogP contribution in [0.1, 0.15) is 61.9 Å². The summed E-state index contributed by atoms with van der Waals surface area (Å²) in [6.45, 7) is 4.47. The maximum atomic E-state index is 13.2. The normalized spacial score (nSPS) is 15.9. The molecule has 0 spiro atoms. The molecule has 0 aliphatic carbocycles. The van der Waals surface area contributed by atoms with E-state index in [-0.39, 0.29) is 11.9 Å². The molecule has 0 fully saturated rings. The average Bonchev–Trinajstić information content (AvgIpc) is 3.19. The fourth-order valence-electron chi connectivity index (χ4n) is 4.36. The van der Waals surface area contributed by atoms with Gasteiger partial charge in [-0.3, -0.25) is 4.79 Å². The van der Waals surface area contributed by atoms with E-state index < -0.39 is 0 Å². The number of fused-ring (bicyclic) bond motifs is 1. The van der Waals surface area contributed by atoms with Crippen molar-refractivity contribution in [3.63, 3.8) is 0 Å². The summed E-state index contributed by atoms with van der Waals surface area (Å²) in [5.74, 6) is 1.11. The zero-order chi connectivity index (χ0) is 21.5. The topological polar surface area (TPSA) is 34.5 Å². The number of unbranched alkanes of at least 4 members (excludes halogenated alkanes) is 2. The Labute approximate surface area is 185 Å². The van der Waals surface area contributed by atoms with Gasteiger partial charge in [0.25, 0.3) is 0 Å². The lowest BCUT2D eigenvalue weighted by atomic mass is 10.0. The second kappa shape index (κ2) is 10.3. The molecular weight excluding hydrogens is 384 g/mol. The van der Waals surface area contributed by atoms with Gasteiger partial charge in [0.2, 0.25) is 5.91 Å². The lowest BCUT2D eigenvalue weighted by Gasteiger charge is -2.31. The van der Waals surface area contributed by atoms with E-state index in [2.05, 4.69) is 59.0 Å². The van der Waals surface area contributed by atoms with Gasteiger partial charge in [-0.1, -0.05) is 62.2 Å². The number of carbonyl (C=O) groups is 1. The van der Waals surface area contributed by atoms with Crippen LogP contribution in [0.15, 0.2) is 72.9 Å². The zero-order valence-electron chi connectivity index (χ0n) is 18.4. The predicted octanol–water partition coefficient (Wildman–Crippen LogP) is 5.97. The van der Waals surface area contributed by atoms with Gasteiger partial charge < -0.3 is 14.2 Å². The number of amides is 1. The van der Waals surface area contributed by atoms with Crippen LogP contribution < -0.4 is 4.74 Å². The van der Waals surface area contributed by atoms with Crippen molar-refractivity contribution in [1.82, 2.24) is 9.47 Å². The number of nitrogens with zero attached hydrogens (tertiary/aromatic N) is 2. The Morgan fingerprint density at radius 3 is 2.55 bits per heavy atom. The van der Waals surface area contributed by atoms with Crippen LogP contribution in [-0.4, -0.2) is 21.9 Å². The molecule has 0 bridgehead atoms. The minimum Gasteiger partial charge on any atom is -0.489 e. The molecule has 4 rings (SSSR count). The van der Waals surface area contributed by atoms with E-state index in [1.54, 1.807) is 0 Å². The molecule has 2 aromatic carbocycles. The summed E-state index contributed by atoms with van der Waals surface area (Å²) in [4.78, 5) is 15.3. The molecule has 0 saturated heterocycles. The van der Waals surface area contributed by atoms with Gasteiger partial charge in [-0.25, -0.2) is 0 Å². The largest absolute Gasteiger partial charge is 0.489 e. The highest BCUT2D eigenvalue weighted by Gasteiger charge is 2.30. The summed E-state index contributed by atoms with van der Waals surface area (Å²) in [7, 11) is 0. The maximum absolute atomic E-state index is 13.2. The van der Waals surface area contributed by atoms with Gasteiger partial charge in [0.05, 0.1) is 6.04 Å². The monoisotopic (exact) mass is 416 g/mol. The van der Waals surface area contributed by atoms with Gasteiger partial charge in [-0.15, -0.1) is 0 Å².